The van der Waals surface area contributed by atoms with Gasteiger partial charge in [0.25, 0.3) is 0 Å². The Morgan fingerprint density at radius 3 is 2.39 bits per heavy atom. The maximum absolute atomic E-state index is 5.49. The van der Waals surface area contributed by atoms with Crippen molar-refractivity contribution in [3.63, 3.8) is 0 Å². The van der Waals surface area contributed by atoms with Crippen LogP contribution in [0.25, 0.3) is 0 Å². The molecule has 1 aliphatic carbocycles. The maximum atomic E-state index is 5.49. The molecule has 1 aliphatic rings. The molecule has 0 aliphatic heterocycles. The zero-order chi connectivity index (χ0) is 16.2. The molecule has 3 heteroatoms. The number of ether oxygens (including phenoxy) is 2. The Morgan fingerprint density at radius 1 is 1.04 bits per heavy atom. The van der Waals surface area contributed by atoms with Crippen molar-refractivity contribution >= 4 is 0 Å². The van der Waals surface area contributed by atoms with Gasteiger partial charge in [-0.2, -0.15) is 0 Å². The summed E-state index contributed by atoms with van der Waals surface area (Å²) in [5.74, 6) is 2.59. The lowest BCUT2D eigenvalue weighted by atomic mass is 10.0. The molecule has 1 unspecified atom stereocenters. The van der Waals surface area contributed by atoms with E-state index in [9.17, 15) is 0 Å². The van der Waals surface area contributed by atoms with Crippen LogP contribution in [0.4, 0.5) is 0 Å². The van der Waals surface area contributed by atoms with E-state index in [0.717, 1.165) is 24.0 Å². The fourth-order valence-corrected chi connectivity index (χ4v) is 3.06. The second kappa shape index (κ2) is 7.05. The van der Waals surface area contributed by atoms with Crippen molar-refractivity contribution in [1.82, 2.24) is 5.32 Å². The van der Waals surface area contributed by atoms with Gasteiger partial charge in [0.1, 0.15) is 11.5 Å². The molecule has 0 amide bonds. The molecule has 2 aromatic rings. The van der Waals surface area contributed by atoms with Gasteiger partial charge in [-0.1, -0.05) is 29.8 Å². The predicted octanol–water partition coefficient (Wildman–Crippen LogP) is 4.25. The van der Waals surface area contributed by atoms with Gasteiger partial charge in [0, 0.05) is 18.2 Å². The summed E-state index contributed by atoms with van der Waals surface area (Å²) in [6.07, 6.45) is 2.60. The highest BCUT2D eigenvalue weighted by atomic mass is 16.5. The zero-order valence-corrected chi connectivity index (χ0v) is 14.1. The molecule has 0 radical (unpaired) electrons. The second-order valence-corrected chi connectivity index (χ2v) is 6.28. The first-order valence-electron chi connectivity index (χ1n) is 8.22. The summed E-state index contributed by atoms with van der Waals surface area (Å²) in [7, 11) is 3.44. The fourth-order valence-electron chi connectivity index (χ4n) is 3.06. The molecular formula is C20H25NO2. The minimum atomic E-state index is 0.395. The van der Waals surface area contributed by atoms with Crippen molar-refractivity contribution in [2.45, 2.75) is 32.4 Å². The zero-order valence-electron chi connectivity index (χ0n) is 14.1. The maximum Gasteiger partial charge on any atom is 0.123 e. The molecular weight excluding hydrogens is 286 g/mol. The van der Waals surface area contributed by atoms with Gasteiger partial charge in [-0.05, 0) is 49.4 Å². The van der Waals surface area contributed by atoms with Gasteiger partial charge in [-0.15, -0.1) is 0 Å². The first kappa shape index (κ1) is 15.9. The molecule has 122 valence electrons. The van der Waals surface area contributed by atoms with E-state index in [1.807, 2.05) is 18.2 Å². The van der Waals surface area contributed by atoms with Crippen molar-refractivity contribution in [2.75, 3.05) is 14.2 Å². The van der Waals surface area contributed by atoms with Gasteiger partial charge >= 0.3 is 0 Å². The van der Waals surface area contributed by atoms with Gasteiger partial charge < -0.3 is 14.8 Å². The van der Waals surface area contributed by atoms with Crippen molar-refractivity contribution in [2.24, 2.45) is 5.92 Å². The average Bonchev–Trinajstić information content (AvgIpc) is 3.41. The Labute approximate surface area is 138 Å². The molecule has 0 heterocycles. The van der Waals surface area contributed by atoms with E-state index < -0.39 is 0 Å². The van der Waals surface area contributed by atoms with Gasteiger partial charge in [-0.25, -0.2) is 0 Å². The lowest BCUT2D eigenvalue weighted by Gasteiger charge is -2.20. The molecule has 23 heavy (non-hydrogen) atoms. The van der Waals surface area contributed by atoms with Crippen molar-refractivity contribution < 1.29 is 9.47 Å². The highest BCUT2D eigenvalue weighted by Gasteiger charge is 2.32. The molecule has 0 bridgehead atoms. The number of nitrogens with one attached hydrogen (secondary N) is 1. The molecule has 0 saturated heterocycles. The summed E-state index contributed by atoms with van der Waals surface area (Å²) in [5.41, 5.74) is 3.81. The van der Waals surface area contributed by atoms with Crippen LogP contribution in [0, 0.1) is 12.8 Å². The van der Waals surface area contributed by atoms with Crippen LogP contribution in [0.1, 0.15) is 35.6 Å². The van der Waals surface area contributed by atoms with E-state index in [2.05, 4.69) is 36.5 Å². The highest BCUT2D eigenvalue weighted by Crippen LogP contribution is 2.41. The molecule has 2 aromatic carbocycles. The number of aryl methyl sites for hydroxylation is 1. The van der Waals surface area contributed by atoms with Crippen LogP contribution < -0.4 is 14.8 Å². The minimum absolute atomic E-state index is 0.395. The Kier molecular flexibility index (Phi) is 4.87. The van der Waals surface area contributed by atoms with Crippen LogP contribution in [0.5, 0.6) is 11.5 Å². The molecule has 1 atom stereocenters. The largest absolute Gasteiger partial charge is 0.497 e. The van der Waals surface area contributed by atoms with Crippen LogP contribution in [0.15, 0.2) is 42.5 Å². The summed E-state index contributed by atoms with van der Waals surface area (Å²) >= 11 is 0. The fraction of sp³-hybridized carbons (Fsp3) is 0.400. The summed E-state index contributed by atoms with van der Waals surface area (Å²) in [6.45, 7) is 2.93. The standard InChI is InChI=1S/C20H25NO2/c1-14-4-11-19(23-3)17(12-14)13-21-20(15-5-6-15)16-7-9-18(22-2)10-8-16/h4,7-12,15,20-21H,5-6,13H2,1-3H3. The van der Waals surface area contributed by atoms with Crippen LogP contribution in [0.3, 0.4) is 0 Å². The molecule has 3 nitrogen and oxygen atoms in total. The first-order valence-corrected chi connectivity index (χ1v) is 8.22. The SMILES string of the molecule is COc1ccc(C(NCc2cc(C)ccc2OC)C2CC2)cc1. The predicted molar refractivity (Wildman–Crippen MR) is 93.0 cm³/mol. The number of methoxy groups -OCH3 is 2. The van der Waals surface area contributed by atoms with Gasteiger partial charge in [0.15, 0.2) is 0 Å². The summed E-state index contributed by atoms with van der Waals surface area (Å²) in [5, 5.41) is 3.73. The summed E-state index contributed by atoms with van der Waals surface area (Å²) in [4.78, 5) is 0. The van der Waals surface area contributed by atoms with E-state index in [1.54, 1.807) is 14.2 Å². The number of rotatable bonds is 7. The molecule has 1 saturated carbocycles. The third kappa shape index (κ3) is 3.85. The first-order chi connectivity index (χ1) is 11.2. The number of hydrogen-bond donors (Lipinski definition) is 1. The van der Waals surface area contributed by atoms with E-state index in [0.29, 0.717) is 6.04 Å². The molecule has 0 spiro atoms. The van der Waals surface area contributed by atoms with E-state index >= 15 is 0 Å². The molecule has 1 fully saturated rings. The third-order valence-corrected chi connectivity index (χ3v) is 4.52. The molecule has 1 N–H and O–H groups in total. The number of hydrogen-bond acceptors (Lipinski definition) is 3. The van der Waals surface area contributed by atoms with Crippen LogP contribution in [-0.4, -0.2) is 14.2 Å². The lowest BCUT2D eigenvalue weighted by Crippen LogP contribution is -2.23. The van der Waals surface area contributed by atoms with Crippen LogP contribution in [0.2, 0.25) is 0 Å². The van der Waals surface area contributed by atoms with Crippen molar-refractivity contribution in [3.05, 3.63) is 59.2 Å². The van der Waals surface area contributed by atoms with Crippen LogP contribution in [-0.2, 0) is 6.54 Å². The van der Waals surface area contributed by atoms with Crippen molar-refractivity contribution in [3.8, 4) is 11.5 Å². The Hall–Kier alpha value is -2.00. The van der Waals surface area contributed by atoms with Crippen LogP contribution >= 0.6 is 0 Å². The highest BCUT2D eigenvalue weighted by molar-refractivity contribution is 5.37. The summed E-state index contributed by atoms with van der Waals surface area (Å²) in [6, 6.07) is 15.1. The quantitative estimate of drug-likeness (QED) is 0.829. The topological polar surface area (TPSA) is 30.5 Å². The lowest BCUT2D eigenvalue weighted by molar-refractivity contribution is 0.402. The van der Waals surface area contributed by atoms with Gasteiger partial charge in [-0.3, -0.25) is 0 Å². The number of benzene rings is 2. The van der Waals surface area contributed by atoms with E-state index in [4.69, 9.17) is 9.47 Å². The minimum Gasteiger partial charge on any atom is -0.497 e. The second-order valence-electron chi connectivity index (χ2n) is 6.28. The Balaban J connectivity index is 1.74. The normalized spacial score (nSPS) is 15.3. The monoisotopic (exact) mass is 311 g/mol. The Morgan fingerprint density at radius 2 is 1.78 bits per heavy atom. The smallest absolute Gasteiger partial charge is 0.123 e. The van der Waals surface area contributed by atoms with E-state index in [-0.39, 0.29) is 0 Å². The third-order valence-electron chi connectivity index (χ3n) is 4.52. The van der Waals surface area contributed by atoms with Gasteiger partial charge in [0.05, 0.1) is 14.2 Å². The van der Waals surface area contributed by atoms with Gasteiger partial charge in [0.2, 0.25) is 0 Å². The van der Waals surface area contributed by atoms with Crippen molar-refractivity contribution in [1.29, 1.82) is 0 Å². The van der Waals surface area contributed by atoms with E-state index in [1.165, 1.54) is 29.5 Å². The Bertz CT molecular complexity index is 647. The molecule has 0 aromatic heterocycles. The molecule has 3 rings (SSSR count). The average molecular weight is 311 g/mol. The summed E-state index contributed by atoms with van der Waals surface area (Å²) < 4.78 is 10.7.